The third-order valence-corrected chi connectivity index (χ3v) is 5.44. The van der Waals surface area contributed by atoms with E-state index in [4.69, 9.17) is 23.2 Å². The molecule has 1 aromatic carbocycles. The zero-order chi connectivity index (χ0) is 14.7. The van der Waals surface area contributed by atoms with E-state index in [1.165, 1.54) is 38.5 Å². The summed E-state index contributed by atoms with van der Waals surface area (Å²) in [5.41, 5.74) is 1.13. The van der Waals surface area contributed by atoms with Crippen LogP contribution in [0.2, 0.25) is 10.0 Å². The summed E-state index contributed by atoms with van der Waals surface area (Å²) < 4.78 is 0. The van der Waals surface area contributed by atoms with E-state index in [0.717, 1.165) is 36.3 Å². The van der Waals surface area contributed by atoms with Gasteiger partial charge in [0, 0.05) is 24.2 Å². The maximum absolute atomic E-state index is 6.40. The molecule has 1 N–H and O–H groups in total. The minimum Gasteiger partial charge on any atom is -0.369 e. The lowest BCUT2D eigenvalue weighted by atomic mass is 9.83. The second-order valence-corrected chi connectivity index (χ2v) is 7.20. The number of hydrogen-bond donors (Lipinski definition) is 1. The van der Waals surface area contributed by atoms with Crippen LogP contribution in [0.25, 0.3) is 0 Å². The van der Waals surface area contributed by atoms with Gasteiger partial charge in [-0.3, -0.25) is 0 Å². The molecule has 0 bridgehead atoms. The normalized spacial score (nSPS) is 24.9. The lowest BCUT2D eigenvalue weighted by molar-refractivity contribution is 0.277. The van der Waals surface area contributed by atoms with Crippen LogP contribution in [0.3, 0.4) is 0 Å². The zero-order valence-corrected chi connectivity index (χ0v) is 14.0. The number of nitrogens with zero attached hydrogens (tertiary/aromatic N) is 1. The first-order chi connectivity index (χ1) is 10.2. The summed E-state index contributed by atoms with van der Waals surface area (Å²) in [5, 5.41) is 5.25. The van der Waals surface area contributed by atoms with Crippen LogP contribution in [-0.4, -0.2) is 25.7 Å². The van der Waals surface area contributed by atoms with Gasteiger partial charge in [-0.1, -0.05) is 42.5 Å². The SMILES string of the molecule is Clc1ccc(N2CCCNC(C3CCCCC3)C2)c(Cl)c1. The van der Waals surface area contributed by atoms with Crippen molar-refractivity contribution in [1.29, 1.82) is 0 Å². The van der Waals surface area contributed by atoms with Crippen LogP contribution in [0, 0.1) is 5.92 Å². The van der Waals surface area contributed by atoms with Crippen molar-refractivity contribution in [2.75, 3.05) is 24.5 Å². The molecule has 21 heavy (non-hydrogen) atoms. The summed E-state index contributed by atoms with van der Waals surface area (Å²) in [4.78, 5) is 2.44. The molecule has 1 aliphatic heterocycles. The average Bonchev–Trinajstić information content (AvgIpc) is 2.74. The Morgan fingerprint density at radius 2 is 1.86 bits per heavy atom. The Hall–Kier alpha value is -0.440. The minimum atomic E-state index is 0.597. The standard InChI is InChI=1S/C17H24Cl2N2/c18-14-7-8-17(15(19)11-14)21-10-4-9-20-16(12-21)13-5-2-1-3-6-13/h7-8,11,13,16,20H,1-6,9-10,12H2. The molecule has 2 fully saturated rings. The smallest absolute Gasteiger partial charge is 0.0654 e. The van der Waals surface area contributed by atoms with Gasteiger partial charge >= 0.3 is 0 Å². The van der Waals surface area contributed by atoms with E-state index >= 15 is 0 Å². The molecular weight excluding hydrogens is 303 g/mol. The topological polar surface area (TPSA) is 15.3 Å². The van der Waals surface area contributed by atoms with E-state index < -0.39 is 0 Å². The fourth-order valence-corrected chi connectivity index (χ4v) is 4.29. The first kappa shape index (κ1) is 15.5. The van der Waals surface area contributed by atoms with Crippen LogP contribution >= 0.6 is 23.2 Å². The molecule has 1 unspecified atom stereocenters. The van der Waals surface area contributed by atoms with Crippen LogP contribution in [0.4, 0.5) is 5.69 Å². The lowest BCUT2D eigenvalue weighted by Crippen LogP contribution is -2.43. The van der Waals surface area contributed by atoms with E-state index in [0.29, 0.717) is 11.1 Å². The molecule has 3 rings (SSSR count). The zero-order valence-electron chi connectivity index (χ0n) is 12.5. The molecule has 0 spiro atoms. The Balaban J connectivity index is 1.75. The largest absolute Gasteiger partial charge is 0.369 e. The number of nitrogens with one attached hydrogen (secondary N) is 1. The maximum atomic E-state index is 6.40. The minimum absolute atomic E-state index is 0.597. The van der Waals surface area contributed by atoms with Gasteiger partial charge in [0.2, 0.25) is 0 Å². The molecule has 1 aliphatic carbocycles. The highest BCUT2D eigenvalue weighted by Gasteiger charge is 2.27. The fourth-order valence-electron chi connectivity index (χ4n) is 3.76. The number of hydrogen-bond acceptors (Lipinski definition) is 2. The molecule has 1 heterocycles. The molecule has 2 nitrogen and oxygen atoms in total. The summed E-state index contributed by atoms with van der Waals surface area (Å²) in [5.74, 6) is 0.824. The second-order valence-electron chi connectivity index (χ2n) is 6.35. The molecule has 0 amide bonds. The van der Waals surface area contributed by atoms with Crippen LogP contribution in [0.5, 0.6) is 0 Å². The Labute approximate surface area is 137 Å². The van der Waals surface area contributed by atoms with Gasteiger partial charge in [-0.05, 0) is 49.9 Å². The highest BCUT2D eigenvalue weighted by Crippen LogP contribution is 2.32. The van der Waals surface area contributed by atoms with Crippen molar-refractivity contribution in [2.24, 2.45) is 5.92 Å². The Morgan fingerprint density at radius 3 is 2.62 bits per heavy atom. The van der Waals surface area contributed by atoms with Gasteiger partial charge in [-0.25, -0.2) is 0 Å². The molecule has 1 aromatic rings. The predicted octanol–water partition coefficient (Wildman–Crippen LogP) is 4.74. The van der Waals surface area contributed by atoms with E-state index in [1.54, 1.807) is 0 Å². The van der Waals surface area contributed by atoms with Gasteiger partial charge < -0.3 is 10.2 Å². The van der Waals surface area contributed by atoms with Gasteiger partial charge in [0.15, 0.2) is 0 Å². The van der Waals surface area contributed by atoms with Crippen molar-refractivity contribution < 1.29 is 0 Å². The van der Waals surface area contributed by atoms with E-state index in [9.17, 15) is 0 Å². The summed E-state index contributed by atoms with van der Waals surface area (Å²) in [7, 11) is 0. The Bertz CT molecular complexity index is 472. The molecule has 0 aromatic heterocycles. The third-order valence-electron chi connectivity index (χ3n) is 4.90. The van der Waals surface area contributed by atoms with Crippen LogP contribution in [0.1, 0.15) is 38.5 Å². The summed E-state index contributed by atoms with van der Waals surface area (Å²) in [6.45, 7) is 3.24. The molecule has 1 atom stereocenters. The van der Waals surface area contributed by atoms with E-state index in [2.05, 4.69) is 16.3 Å². The van der Waals surface area contributed by atoms with E-state index in [1.807, 2.05) is 12.1 Å². The van der Waals surface area contributed by atoms with Gasteiger partial charge in [0.1, 0.15) is 0 Å². The molecule has 116 valence electrons. The molecular formula is C17H24Cl2N2. The third kappa shape index (κ3) is 3.85. The van der Waals surface area contributed by atoms with Crippen LogP contribution < -0.4 is 10.2 Å². The van der Waals surface area contributed by atoms with Gasteiger partial charge in [0.05, 0.1) is 10.7 Å². The van der Waals surface area contributed by atoms with Crippen molar-refractivity contribution in [3.63, 3.8) is 0 Å². The first-order valence-electron chi connectivity index (χ1n) is 8.17. The molecule has 2 aliphatic rings. The van der Waals surface area contributed by atoms with Crippen LogP contribution in [0.15, 0.2) is 18.2 Å². The van der Waals surface area contributed by atoms with E-state index in [-0.39, 0.29) is 0 Å². The van der Waals surface area contributed by atoms with Crippen molar-refractivity contribution in [3.8, 4) is 0 Å². The van der Waals surface area contributed by atoms with Gasteiger partial charge in [-0.2, -0.15) is 0 Å². The summed E-state index contributed by atoms with van der Waals surface area (Å²) in [6, 6.07) is 6.45. The second kappa shape index (κ2) is 7.21. The highest BCUT2D eigenvalue weighted by atomic mass is 35.5. The van der Waals surface area contributed by atoms with Crippen LogP contribution in [-0.2, 0) is 0 Å². The molecule has 4 heteroatoms. The number of benzene rings is 1. The lowest BCUT2D eigenvalue weighted by Gasteiger charge is -2.34. The van der Waals surface area contributed by atoms with Crippen molar-refractivity contribution in [2.45, 2.75) is 44.6 Å². The van der Waals surface area contributed by atoms with Crippen molar-refractivity contribution in [3.05, 3.63) is 28.2 Å². The maximum Gasteiger partial charge on any atom is 0.0654 e. The van der Waals surface area contributed by atoms with Gasteiger partial charge in [0.25, 0.3) is 0 Å². The Morgan fingerprint density at radius 1 is 1.05 bits per heavy atom. The number of rotatable bonds is 2. The molecule has 0 radical (unpaired) electrons. The number of anilines is 1. The summed E-state index contributed by atoms with van der Waals surface area (Å²) in [6.07, 6.45) is 8.12. The van der Waals surface area contributed by atoms with Crippen molar-refractivity contribution in [1.82, 2.24) is 5.32 Å². The highest BCUT2D eigenvalue weighted by molar-refractivity contribution is 6.36. The Kier molecular flexibility index (Phi) is 5.31. The number of halogens is 2. The first-order valence-corrected chi connectivity index (χ1v) is 8.93. The fraction of sp³-hybridized carbons (Fsp3) is 0.647. The average molecular weight is 327 g/mol. The quantitative estimate of drug-likeness (QED) is 0.844. The monoisotopic (exact) mass is 326 g/mol. The van der Waals surface area contributed by atoms with Gasteiger partial charge in [-0.15, -0.1) is 0 Å². The molecule has 1 saturated carbocycles. The predicted molar refractivity (Wildman–Crippen MR) is 91.7 cm³/mol. The molecule has 1 saturated heterocycles. The summed E-state index contributed by atoms with van der Waals surface area (Å²) >= 11 is 12.4. The van der Waals surface area contributed by atoms with Crippen molar-refractivity contribution >= 4 is 28.9 Å².